The van der Waals surface area contributed by atoms with E-state index in [2.05, 4.69) is 13.2 Å². The molecule has 2 atom stereocenters. The molecule has 54 valence electrons. The molecule has 3 saturated carbocycles. The second kappa shape index (κ2) is 1.98. The first-order valence-electron chi connectivity index (χ1n) is 4.12. The molecule has 0 heterocycles. The summed E-state index contributed by atoms with van der Waals surface area (Å²) in [6, 6.07) is 0. The van der Waals surface area contributed by atoms with Gasteiger partial charge in [-0.15, -0.1) is 0 Å². The van der Waals surface area contributed by atoms with Gasteiger partial charge in [0.15, 0.2) is 0 Å². The summed E-state index contributed by atoms with van der Waals surface area (Å²) in [6.45, 7) is 8.18. The van der Waals surface area contributed by atoms with Crippen LogP contribution in [0, 0.1) is 11.8 Å². The molecule has 3 rings (SSSR count). The molecule has 0 heteroatoms. The van der Waals surface area contributed by atoms with Crippen LogP contribution >= 0.6 is 0 Å². The summed E-state index contributed by atoms with van der Waals surface area (Å²) in [4.78, 5) is 0. The highest BCUT2D eigenvalue weighted by atomic mass is 14.4. The van der Waals surface area contributed by atoms with Crippen molar-refractivity contribution >= 4 is 0 Å². The van der Waals surface area contributed by atoms with E-state index in [9.17, 15) is 0 Å². The Bertz CT molecular complexity index is 166. The van der Waals surface area contributed by atoms with E-state index >= 15 is 0 Å². The maximum atomic E-state index is 4.09. The van der Waals surface area contributed by atoms with Crippen molar-refractivity contribution in [3.63, 3.8) is 0 Å². The lowest BCUT2D eigenvalue weighted by Gasteiger charge is -2.39. The molecule has 0 aromatic heterocycles. The summed E-state index contributed by atoms with van der Waals surface area (Å²) in [7, 11) is 0. The number of hydrogen-bond donors (Lipinski definition) is 0. The molecule has 2 bridgehead atoms. The fourth-order valence-electron chi connectivity index (χ4n) is 2.27. The zero-order chi connectivity index (χ0) is 7.14. The predicted octanol–water partition coefficient (Wildman–Crippen LogP) is 2.92. The first-order chi connectivity index (χ1) is 4.77. The van der Waals surface area contributed by atoms with E-state index in [1.807, 2.05) is 0 Å². The second-order valence-corrected chi connectivity index (χ2v) is 3.70. The molecule has 0 aromatic carbocycles. The zero-order valence-corrected chi connectivity index (χ0v) is 6.40. The number of allylic oxidation sites excluding steroid dienone is 2. The minimum Gasteiger partial charge on any atom is -0.0995 e. The smallest absolute Gasteiger partial charge is 0.0168 e. The molecule has 0 aliphatic heterocycles. The van der Waals surface area contributed by atoms with E-state index in [-0.39, 0.29) is 0 Å². The lowest BCUT2D eigenvalue weighted by molar-refractivity contribution is 0.315. The quantitative estimate of drug-likeness (QED) is 0.447. The van der Waals surface area contributed by atoms with Crippen molar-refractivity contribution in [1.82, 2.24) is 0 Å². The molecule has 3 fully saturated rings. The van der Waals surface area contributed by atoms with Crippen molar-refractivity contribution in [3.05, 3.63) is 24.3 Å². The Balaban J connectivity index is 2.23. The van der Waals surface area contributed by atoms with Crippen LogP contribution in [0.5, 0.6) is 0 Å². The fraction of sp³-hybridized carbons (Fsp3) is 0.600. The molecule has 0 saturated heterocycles. The van der Waals surface area contributed by atoms with Crippen molar-refractivity contribution in [2.75, 3.05) is 0 Å². The van der Waals surface area contributed by atoms with E-state index in [4.69, 9.17) is 0 Å². The molecule has 0 N–H and O–H groups in total. The van der Waals surface area contributed by atoms with E-state index < -0.39 is 0 Å². The Morgan fingerprint density at radius 1 is 0.900 bits per heavy atom. The minimum absolute atomic E-state index is 0.803. The maximum absolute atomic E-state index is 4.09. The third kappa shape index (κ3) is 0.749. The van der Waals surface area contributed by atoms with Gasteiger partial charge in [0, 0.05) is 0 Å². The highest BCUT2D eigenvalue weighted by Crippen LogP contribution is 2.46. The van der Waals surface area contributed by atoms with E-state index in [1.54, 1.807) is 0 Å². The topological polar surface area (TPSA) is 0 Å². The standard InChI is InChI=1S/C10H14/c1-7-5-10-4-3-9(7)6-8(10)2/h9-10H,1-6H2. The van der Waals surface area contributed by atoms with Crippen LogP contribution in [0.15, 0.2) is 24.3 Å². The van der Waals surface area contributed by atoms with E-state index in [1.165, 1.54) is 36.8 Å². The van der Waals surface area contributed by atoms with Crippen molar-refractivity contribution in [3.8, 4) is 0 Å². The van der Waals surface area contributed by atoms with Gasteiger partial charge >= 0.3 is 0 Å². The fourth-order valence-corrected chi connectivity index (χ4v) is 2.27. The van der Waals surface area contributed by atoms with Crippen molar-refractivity contribution in [2.24, 2.45) is 11.8 Å². The lowest BCUT2D eigenvalue weighted by Crippen LogP contribution is -2.25. The van der Waals surface area contributed by atoms with Crippen LogP contribution in [-0.4, -0.2) is 0 Å². The Hall–Kier alpha value is -0.520. The molecule has 0 nitrogen and oxygen atoms in total. The molecule has 0 aromatic rings. The van der Waals surface area contributed by atoms with Crippen molar-refractivity contribution < 1.29 is 0 Å². The molecule has 0 amide bonds. The Labute approximate surface area is 62.6 Å². The Morgan fingerprint density at radius 3 is 1.50 bits per heavy atom. The Morgan fingerprint density at radius 2 is 1.30 bits per heavy atom. The molecule has 10 heavy (non-hydrogen) atoms. The van der Waals surface area contributed by atoms with Gasteiger partial charge in [-0.1, -0.05) is 24.3 Å². The highest BCUT2D eigenvalue weighted by molar-refractivity contribution is 5.21. The third-order valence-electron chi connectivity index (χ3n) is 3.04. The van der Waals surface area contributed by atoms with E-state index in [0.717, 1.165) is 11.8 Å². The average molecular weight is 134 g/mol. The summed E-state index contributed by atoms with van der Waals surface area (Å²) < 4.78 is 0. The van der Waals surface area contributed by atoms with Crippen molar-refractivity contribution in [1.29, 1.82) is 0 Å². The van der Waals surface area contributed by atoms with Gasteiger partial charge in [0.25, 0.3) is 0 Å². The summed E-state index contributed by atoms with van der Waals surface area (Å²) in [6.07, 6.45) is 5.23. The summed E-state index contributed by atoms with van der Waals surface area (Å²) in [5, 5.41) is 0. The van der Waals surface area contributed by atoms with Crippen LogP contribution in [0.1, 0.15) is 25.7 Å². The van der Waals surface area contributed by atoms with Crippen LogP contribution in [0.3, 0.4) is 0 Å². The monoisotopic (exact) mass is 134 g/mol. The van der Waals surface area contributed by atoms with E-state index in [0.29, 0.717) is 0 Å². The van der Waals surface area contributed by atoms with Crippen LogP contribution in [0.2, 0.25) is 0 Å². The zero-order valence-electron chi connectivity index (χ0n) is 6.40. The molecule has 0 radical (unpaired) electrons. The van der Waals surface area contributed by atoms with Crippen LogP contribution in [0.4, 0.5) is 0 Å². The predicted molar refractivity (Wildman–Crippen MR) is 43.7 cm³/mol. The van der Waals surface area contributed by atoms with Gasteiger partial charge in [-0.25, -0.2) is 0 Å². The second-order valence-electron chi connectivity index (χ2n) is 3.70. The number of rotatable bonds is 0. The molecule has 3 aliphatic rings. The summed E-state index contributed by atoms with van der Waals surface area (Å²) >= 11 is 0. The summed E-state index contributed by atoms with van der Waals surface area (Å²) in [5.41, 5.74) is 2.98. The van der Waals surface area contributed by atoms with Gasteiger partial charge in [-0.2, -0.15) is 0 Å². The molecular weight excluding hydrogens is 120 g/mol. The van der Waals surface area contributed by atoms with Gasteiger partial charge < -0.3 is 0 Å². The van der Waals surface area contributed by atoms with Gasteiger partial charge in [-0.3, -0.25) is 0 Å². The molecule has 0 spiro atoms. The molecule has 3 aliphatic carbocycles. The van der Waals surface area contributed by atoms with Crippen LogP contribution in [-0.2, 0) is 0 Å². The minimum atomic E-state index is 0.803. The van der Waals surface area contributed by atoms with Gasteiger partial charge in [0.1, 0.15) is 0 Å². The van der Waals surface area contributed by atoms with Crippen molar-refractivity contribution in [2.45, 2.75) is 25.7 Å². The maximum Gasteiger partial charge on any atom is -0.0168 e. The third-order valence-corrected chi connectivity index (χ3v) is 3.04. The normalized spacial score (nSPS) is 38.8. The van der Waals surface area contributed by atoms with Gasteiger partial charge in [0.2, 0.25) is 0 Å². The first-order valence-corrected chi connectivity index (χ1v) is 4.12. The highest BCUT2D eigenvalue weighted by Gasteiger charge is 2.32. The lowest BCUT2D eigenvalue weighted by atomic mass is 9.66. The van der Waals surface area contributed by atoms with Crippen LogP contribution in [0.25, 0.3) is 0 Å². The molecular formula is C10H14. The van der Waals surface area contributed by atoms with Gasteiger partial charge in [-0.05, 0) is 37.5 Å². The number of fused-ring (bicyclic) bond motifs is 3. The first kappa shape index (κ1) is 6.21. The average Bonchev–Trinajstić information content (AvgIpc) is 1.91. The summed E-state index contributed by atoms with van der Waals surface area (Å²) in [5.74, 6) is 1.61. The van der Waals surface area contributed by atoms with Crippen LogP contribution < -0.4 is 0 Å². The molecule has 2 unspecified atom stereocenters. The Kier molecular flexibility index (Phi) is 1.23. The SMILES string of the molecule is C=C1CC2CCC1CC2=C. The largest absolute Gasteiger partial charge is 0.0995 e. The van der Waals surface area contributed by atoms with Gasteiger partial charge in [0.05, 0.1) is 0 Å². The number of hydrogen-bond acceptors (Lipinski definition) is 0.